The molecule has 0 saturated heterocycles. The van der Waals surface area contributed by atoms with E-state index in [-0.39, 0.29) is 35.4 Å². The zero-order valence-electron chi connectivity index (χ0n) is 18.0. The molecule has 2 amide bonds. The molecule has 1 N–H and O–H groups in total. The molecule has 4 rings (SSSR count). The molecular formula is C22H25N3O6S. The maximum Gasteiger partial charge on any atom is 0.292 e. The van der Waals surface area contributed by atoms with Crippen LogP contribution in [0, 0.1) is 0 Å². The minimum absolute atomic E-state index is 0.195. The molecule has 4 heterocycles. The molecule has 0 saturated carbocycles. The normalized spacial score (nSPS) is 15.9. The molecule has 0 aliphatic carbocycles. The highest BCUT2D eigenvalue weighted by atomic mass is 32.1. The van der Waals surface area contributed by atoms with Crippen molar-refractivity contribution in [2.24, 2.45) is 0 Å². The number of thiophene rings is 1. The summed E-state index contributed by atoms with van der Waals surface area (Å²) < 4.78 is 17.9. The number of fused-ring (bicyclic) bond motifs is 1. The van der Waals surface area contributed by atoms with Crippen molar-refractivity contribution < 1.29 is 23.8 Å². The van der Waals surface area contributed by atoms with Crippen LogP contribution in [0.4, 0.5) is 0 Å². The number of carbonyl (C=O) groups is 2. The Balaban J connectivity index is 1.60. The van der Waals surface area contributed by atoms with Gasteiger partial charge in [0.15, 0.2) is 0 Å². The molecule has 9 nitrogen and oxygen atoms in total. The Kier molecular flexibility index (Phi) is 6.50. The lowest BCUT2D eigenvalue weighted by Crippen LogP contribution is -2.37. The molecule has 0 bridgehead atoms. The Bertz CT molecular complexity index is 1110. The number of aromatic nitrogens is 1. The topological polar surface area (TPSA) is 99.1 Å². The molecule has 0 radical (unpaired) electrons. The largest absolute Gasteiger partial charge is 0.496 e. The number of ether oxygens (including phenoxy) is 3. The lowest BCUT2D eigenvalue weighted by atomic mass is 10.1. The molecule has 0 aromatic carbocycles. The van der Waals surface area contributed by atoms with E-state index in [1.165, 1.54) is 13.2 Å². The second-order valence-electron chi connectivity index (χ2n) is 7.41. The van der Waals surface area contributed by atoms with Crippen molar-refractivity contribution in [2.75, 3.05) is 33.4 Å². The molecule has 10 heteroatoms. The predicted octanol–water partition coefficient (Wildman–Crippen LogP) is 1.51. The third kappa shape index (κ3) is 4.36. The van der Waals surface area contributed by atoms with E-state index in [1.807, 2.05) is 17.5 Å². The van der Waals surface area contributed by atoms with Crippen molar-refractivity contribution in [3.8, 4) is 5.75 Å². The average Bonchev–Trinajstić information content (AvgIpc) is 3.22. The molecule has 0 spiro atoms. The molecule has 2 aromatic heterocycles. The molecule has 0 unspecified atom stereocenters. The quantitative estimate of drug-likeness (QED) is 0.728. The molecule has 2 aromatic rings. The highest BCUT2D eigenvalue weighted by Crippen LogP contribution is 2.24. The first-order valence-electron chi connectivity index (χ1n) is 10.4. The van der Waals surface area contributed by atoms with Gasteiger partial charge < -0.3 is 29.0 Å². The first-order chi connectivity index (χ1) is 15.5. The number of nitrogens with zero attached hydrogens (tertiary/aromatic N) is 2. The van der Waals surface area contributed by atoms with Crippen LogP contribution < -0.4 is 15.6 Å². The third-order valence-electron chi connectivity index (χ3n) is 5.49. The van der Waals surface area contributed by atoms with Crippen LogP contribution in [-0.2, 0) is 33.8 Å². The van der Waals surface area contributed by atoms with Gasteiger partial charge in [0.05, 0.1) is 13.7 Å². The van der Waals surface area contributed by atoms with E-state index in [2.05, 4.69) is 5.32 Å². The minimum atomic E-state index is -0.318. The second kappa shape index (κ2) is 9.47. The van der Waals surface area contributed by atoms with Crippen molar-refractivity contribution in [2.45, 2.75) is 26.4 Å². The number of allylic oxidation sites excluding steroid dienone is 1. The molecule has 2 aliphatic heterocycles. The Hall–Kier alpha value is -3.27. The molecule has 0 fully saturated rings. The predicted molar refractivity (Wildman–Crippen MR) is 118 cm³/mol. The van der Waals surface area contributed by atoms with E-state index in [9.17, 15) is 14.4 Å². The Morgan fingerprint density at radius 2 is 2.03 bits per heavy atom. The maximum atomic E-state index is 13.1. The number of nitrogens with one attached hydrogen (secondary N) is 1. The van der Waals surface area contributed by atoms with Crippen LogP contribution >= 0.6 is 11.3 Å². The summed E-state index contributed by atoms with van der Waals surface area (Å²) >= 11 is 1.55. The summed E-state index contributed by atoms with van der Waals surface area (Å²) in [7, 11) is 1.43. The lowest BCUT2D eigenvalue weighted by molar-refractivity contribution is -0.132. The third-order valence-corrected chi connectivity index (χ3v) is 6.37. The van der Waals surface area contributed by atoms with Crippen molar-refractivity contribution in [3.05, 3.63) is 61.6 Å². The van der Waals surface area contributed by atoms with E-state index in [0.717, 1.165) is 4.88 Å². The van der Waals surface area contributed by atoms with Gasteiger partial charge in [-0.2, -0.15) is 0 Å². The van der Waals surface area contributed by atoms with Crippen LogP contribution in [0.25, 0.3) is 0 Å². The summed E-state index contributed by atoms with van der Waals surface area (Å²) in [5, 5.41) is 4.85. The van der Waals surface area contributed by atoms with Gasteiger partial charge in [-0.15, -0.1) is 11.3 Å². The monoisotopic (exact) mass is 459 g/mol. The standard InChI is InChI=1S/C22H25N3O6S/c1-14-20(31-10-9-30-14)22(28)24-6-5-16-19(21(27)23-13-15-4-3-11-32-15)17(29-2)12-18(26)25(16)8-7-24/h3-4,11-12H,5-10,13H2,1-2H3,(H,23,27). The number of hydrogen-bond acceptors (Lipinski definition) is 7. The first kappa shape index (κ1) is 21.9. The van der Waals surface area contributed by atoms with Crippen LogP contribution in [0.5, 0.6) is 5.75 Å². The highest BCUT2D eigenvalue weighted by Gasteiger charge is 2.30. The minimum Gasteiger partial charge on any atom is -0.496 e. The van der Waals surface area contributed by atoms with E-state index in [4.69, 9.17) is 14.2 Å². The second-order valence-corrected chi connectivity index (χ2v) is 8.44. The molecule has 0 atom stereocenters. The van der Waals surface area contributed by atoms with Crippen LogP contribution in [0.1, 0.15) is 27.9 Å². The van der Waals surface area contributed by atoms with E-state index in [1.54, 1.807) is 27.7 Å². The van der Waals surface area contributed by atoms with Crippen LogP contribution in [0.2, 0.25) is 0 Å². The summed E-state index contributed by atoms with van der Waals surface area (Å²) in [4.78, 5) is 41.5. The van der Waals surface area contributed by atoms with Crippen molar-refractivity contribution >= 4 is 23.2 Å². The summed E-state index contributed by atoms with van der Waals surface area (Å²) in [5.74, 6) is 0.281. The van der Waals surface area contributed by atoms with Crippen molar-refractivity contribution in [1.82, 2.24) is 14.8 Å². The van der Waals surface area contributed by atoms with Gasteiger partial charge in [-0.3, -0.25) is 14.4 Å². The maximum absolute atomic E-state index is 13.1. The number of carbonyl (C=O) groups excluding carboxylic acids is 2. The number of amides is 2. The van der Waals surface area contributed by atoms with Crippen molar-refractivity contribution in [1.29, 1.82) is 0 Å². The fourth-order valence-electron chi connectivity index (χ4n) is 3.89. The van der Waals surface area contributed by atoms with Crippen LogP contribution in [0.15, 0.2) is 39.9 Å². The summed E-state index contributed by atoms with van der Waals surface area (Å²) in [6, 6.07) is 5.19. The number of pyridine rings is 1. The molecule has 32 heavy (non-hydrogen) atoms. The summed E-state index contributed by atoms with van der Waals surface area (Å²) in [5.41, 5.74) is 0.610. The van der Waals surface area contributed by atoms with E-state index < -0.39 is 0 Å². The average molecular weight is 460 g/mol. The summed E-state index contributed by atoms with van der Waals surface area (Å²) in [6.07, 6.45) is 0.327. The van der Waals surface area contributed by atoms with Gasteiger partial charge in [-0.1, -0.05) is 6.07 Å². The van der Waals surface area contributed by atoms with Gasteiger partial charge in [0.1, 0.15) is 30.3 Å². The van der Waals surface area contributed by atoms with E-state index in [0.29, 0.717) is 56.3 Å². The van der Waals surface area contributed by atoms with Gasteiger partial charge in [0, 0.05) is 42.7 Å². The first-order valence-corrected chi connectivity index (χ1v) is 11.2. The zero-order valence-corrected chi connectivity index (χ0v) is 18.8. The Labute approximate surface area is 189 Å². The Morgan fingerprint density at radius 3 is 2.75 bits per heavy atom. The Morgan fingerprint density at radius 1 is 1.22 bits per heavy atom. The van der Waals surface area contributed by atoms with Gasteiger partial charge in [-0.05, 0) is 18.4 Å². The van der Waals surface area contributed by atoms with Gasteiger partial charge in [0.2, 0.25) is 5.76 Å². The molecule has 2 aliphatic rings. The van der Waals surface area contributed by atoms with Crippen LogP contribution in [0.3, 0.4) is 0 Å². The smallest absolute Gasteiger partial charge is 0.292 e. The number of rotatable bonds is 5. The summed E-state index contributed by atoms with van der Waals surface area (Å²) in [6.45, 7) is 3.72. The molecular weight excluding hydrogens is 434 g/mol. The van der Waals surface area contributed by atoms with Crippen LogP contribution in [-0.4, -0.2) is 54.7 Å². The SMILES string of the molecule is COc1cc(=O)n2c(c1C(=O)NCc1cccs1)CCN(C(=O)C1=C(C)OCCO1)CC2. The fourth-order valence-corrected chi connectivity index (χ4v) is 4.53. The number of methoxy groups -OCH3 is 1. The lowest BCUT2D eigenvalue weighted by Gasteiger charge is -2.25. The van der Waals surface area contributed by atoms with Gasteiger partial charge in [0.25, 0.3) is 17.4 Å². The molecule has 170 valence electrons. The van der Waals surface area contributed by atoms with Crippen molar-refractivity contribution in [3.63, 3.8) is 0 Å². The highest BCUT2D eigenvalue weighted by molar-refractivity contribution is 7.09. The zero-order chi connectivity index (χ0) is 22.7. The van der Waals surface area contributed by atoms with Gasteiger partial charge >= 0.3 is 0 Å². The van der Waals surface area contributed by atoms with Gasteiger partial charge in [-0.25, -0.2) is 0 Å². The van der Waals surface area contributed by atoms with E-state index >= 15 is 0 Å². The fraction of sp³-hybridized carbons (Fsp3) is 0.409. The number of hydrogen-bond donors (Lipinski definition) is 1.